The molecular formula is C27H27N3O6. The van der Waals surface area contributed by atoms with E-state index in [4.69, 9.17) is 14.2 Å². The van der Waals surface area contributed by atoms with Crippen LogP contribution in [-0.2, 0) is 9.59 Å². The molecule has 0 saturated carbocycles. The SMILES string of the molecule is CCOc1cc(NC(=O)c2ccccc2)c(OCC)cc1NC(=O)CN1C(=O)COc2ccccc21. The van der Waals surface area contributed by atoms with Gasteiger partial charge in [0.05, 0.1) is 30.3 Å². The number of benzene rings is 3. The minimum absolute atomic E-state index is 0.140. The first-order valence-electron chi connectivity index (χ1n) is 11.6. The second-order valence-electron chi connectivity index (χ2n) is 7.82. The molecule has 3 aromatic rings. The lowest BCUT2D eigenvalue weighted by Gasteiger charge is -2.28. The molecule has 0 atom stereocenters. The fourth-order valence-corrected chi connectivity index (χ4v) is 3.75. The predicted octanol–water partition coefficient (Wildman–Crippen LogP) is 4.10. The van der Waals surface area contributed by atoms with Gasteiger partial charge in [-0.2, -0.15) is 0 Å². The molecule has 1 aliphatic heterocycles. The number of hydrogen-bond donors (Lipinski definition) is 2. The lowest BCUT2D eigenvalue weighted by molar-refractivity contribution is -0.123. The summed E-state index contributed by atoms with van der Waals surface area (Å²) in [5.74, 6) is 0.212. The van der Waals surface area contributed by atoms with Crippen LogP contribution in [0.15, 0.2) is 66.7 Å². The summed E-state index contributed by atoms with van der Waals surface area (Å²) >= 11 is 0. The zero-order chi connectivity index (χ0) is 25.5. The van der Waals surface area contributed by atoms with Crippen LogP contribution < -0.4 is 29.7 Å². The van der Waals surface area contributed by atoms with Crippen LogP contribution in [0.4, 0.5) is 17.1 Å². The van der Waals surface area contributed by atoms with Gasteiger partial charge in [0.1, 0.15) is 23.8 Å². The van der Waals surface area contributed by atoms with Gasteiger partial charge in [-0.15, -0.1) is 0 Å². The normalized spacial score (nSPS) is 12.3. The monoisotopic (exact) mass is 489 g/mol. The average Bonchev–Trinajstić information content (AvgIpc) is 2.89. The number of fused-ring (bicyclic) bond motifs is 1. The summed E-state index contributed by atoms with van der Waals surface area (Å²) in [5.41, 5.74) is 1.79. The standard InChI is InChI=1S/C27H27N3O6/c1-3-34-23-15-20(29-27(33)18-10-6-5-7-11-18)24(35-4-2)14-19(23)28-25(31)16-30-21-12-8-9-13-22(21)36-17-26(30)32/h5-15H,3-4,16-17H2,1-2H3,(H,28,31)(H,29,33). The molecule has 0 bridgehead atoms. The van der Waals surface area contributed by atoms with Crippen molar-refractivity contribution in [2.75, 3.05) is 41.9 Å². The van der Waals surface area contributed by atoms with Gasteiger partial charge in [-0.25, -0.2) is 0 Å². The van der Waals surface area contributed by atoms with E-state index in [0.29, 0.717) is 53.1 Å². The molecule has 9 heteroatoms. The number of hydrogen-bond acceptors (Lipinski definition) is 6. The third-order valence-corrected chi connectivity index (χ3v) is 5.35. The highest BCUT2D eigenvalue weighted by Gasteiger charge is 2.27. The molecule has 0 radical (unpaired) electrons. The molecule has 0 aromatic heterocycles. The van der Waals surface area contributed by atoms with Crippen LogP contribution in [0.3, 0.4) is 0 Å². The van der Waals surface area contributed by atoms with E-state index in [1.54, 1.807) is 60.7 Å². The van der Waals surface area contributed by atoms with E-state index < -0.39 is 5.91 Å². The molecule has 1 heterocycles. The van der Waals surface area contributed by atoms with Crippen LogP contribution in [-0.4, -0.2) is 44.1 Å². The van der Waals surface area contributed by atoms with Crippen molar-refractivity contribution < 1.29 is 28.6 Å². The van der Waals surface area contributed by atoms with Gasteiger partial charge >= 0.3 is 0 Å². The van der Waals surface area contributed by atoms with Crippen molar-refractivity contribution in [1.29, 1.82) is 0 Å². The van der Waals surface area contributed by atoms with Crippen LogP contribution in [0, 0.1) is 0 Å². The summed E-state index contributed by atoms with van der Waals surface area (Å²) in [6.45, 7) is 3.96. The van der Waals surface area contributed by atoms with Gasteiger partial charge in [-0.1, -0.05) is 30.3 Å². The molecule has 0 spiro atoms. The maximum atomic E-state index is 13.0. The number of nitrogens with zero attached hydrogens (tertiary/aromatic N) is 1. The van der Waals surface area contributed by atoms with Gasteiger partial charge in [-0.3, -0.25) is 19.3 Å². The van der Waals surface area contributed by atoms with Crippen molar-refractivity contribution in [3.8, 4) is 17.2 Å². The van der Waals surface area contributed by atoms with Crippen LogP contribution in [0.2, 0.25) is 0 Å². The molecule has 36 heavy (non-hydrogen) atoms. The summed E-state index contributed by atoms with van der Waals surface area (Å²) in [6, 6.07) is 19.1. The second kappa shape index (κ2) is 11.3. The molecular weight excluding hydrogens is 462 g/mol. The van der Waals surface area contributed by atoms with Crippen molar-refractivity contribution in [3.63, 3.8) is 0 Å². The van der Waals surface area contributed by atoms with Crippen molar-refractivity contribution in [2.24, 2.45) is 0 Å². The minimum atomic E-state index is -0.426. The number of ether oxygens (including phenoxy) is 3. The van der Waals surface area contributed by atoms with Crippen LogP contribution >= 0.6 is 0 Å². The molecule has 3 aromatic carbocycles. The molecule has 1 aliphatic rings. The largest absolute Gasteiger partial charge is 0.492 e. The zero-order valence-electron chi connectivity index (χ0n) is 20.1. The van der Waals surface area contributed by atoms with Crippen LogP contribution in [0.5, 0.6) is 17.2 Å². The first kappa shape index (κ1) is 24.6. The minimum Gasteiger partial charge on any atom is -0.492 e. The summed E-state index contributed by atoms with van der Waals surface area (Å²) in [7, 11) is 0. The van der Waals surface area contributed by atoms with E-state index in [0.717, 1.165) is 0 Å². The van der Waals surface area contributed by atoms with Gasteiger partial charge < -0.3 is 24.8 Å². The summed E-state index contributed by atoms with van der Waals surface area (Å²) in [6.07, 6.45) is 0. The Labute approximate surface area is 209 Å². The summed E-state index contributed by atoms with van der Waals surface area (Å²) in [5, 5.41) is 5.66. The van der Waals surface area contributed by atoms with Gasteiger partial charge in [0, 0.05) is 17.7 Å². The molecule has 0 saturated heterocycles. The average molecular weight is 490 g/mol. The number of nitrogens with one attached hydrogen (secondary N) is 2. The summed E-state index contributed by atoms with van der Waals surface area (Å²) < 4.78 is 16.9. The zero-order valence-corrected chi connectivity index (χ0v) is 20.1. The Kier molecular flexibility index (Phi) is 7.69. The fraction of sp³-hybridized carbons (Fsp3) is 0.222. The Morgan fingerprint density at radius 1 is 0.889 bits per heavy atom. The summed E-state index contributed by atoms with van der Waals surface area (Å²) in [4.78, 5) is 39.6. The number of rotatable bonds is 9. The molecule has 2 N–H and O–H groups in total. The Bertz CT molecular complexity index is 1260. The lowest BCUT2D eigenvalue weighted by Crippen LogP contribution is -2.43. The van der Waals surface area contributed by atoms with E-state index in [1.165, 1.54) is 4.90 Å². The van der Waals surface area contributed by atoms with E-state index in [-0.39, 0.29) is 25.0 Å². The predicted molar refractivity (Wildman–Crippen MR) is 136 cm³/mol. The Morgan fingerprint density at radius 3 is 2.17 bits per heavy atom. The van der Waals surface area contributed by atoms with Crippen molar-refractivity contribution in [2.45, 2.75) is 13.8 Å². The highest BCUT2D eigenvalue weighted by atomic mass is 16.5. The number of para-hydroxylation sites is 2. The van der Waals surface area contributed by atoms with E-state index in [2.05, 4.69) is 10.6 Å². The van der Waals surface area contributed by atoms with Crippen LogP contribution in [0.1, 0.15) is 24.2 Å². The van der Waals surface area contributed by atoms with Crippen molar-refractivity contribution in [1.82, 2.24) is 0 Å². The van der Waals surface area contributed by atoms with Gasteiger partial charge in [0.2, 0.25) is 5.91 Å². The highest BCUT2D eigenvalue weighted by molar-refractivity contribution is 6.07. The topological polar surface area (TPSA) is 106 Å². The van der Waals surface area contributed by atoms with E-state index in [9.17, 15) is 14.4 Å². The quantitative estimate of drug-likeness (QED) is 0.469. The maximum Gasteiger partial charge on any atom is 0.265 e. The molecule has 0 fully saturated rings. The van der Waals surface area contributed by atoms with Gasteiger partial charge in [0.25, 0.3) is 11.8 Å². The first-order chi connectivity index (χ1) is 17.5. The number of carbonyl (C=O) groups is 3. The molecule has 9 nitrogen and oxygen atoms in total. The lowest BCUT2D eigenvalue weighted by atomic mass is 10.2. The molecule has 4 rings (SSSR count). The molecule has 186 valence electrons. The molecule has 0 unspecified atom stereocenters. The third-order valence-electron chi connectivity index (χ3n) is 5.35. The Morgan fingerprint density at radius 2 is 1.50 bits per heavy atom. The van der Waals surface area contributed by atoms with Gasteiger partial charge in [-0.05, 0) is 38.1 Å². The Balaban J connectivity index is 1.58. The second-order valence-corrected chi connectivity index (χ2v) is 7.82. The van der Waals surface area contributed by atoms with Gasteiger partial charge in [0.15, 0.2) is 6.61 Å². The fourth-order valence-electron chi connectivity index (χ4n) is 3.75. The molecule has 0 aliphatic carbocycles. The number of carbonyl (C=O) groups excluding carboxylic acids is 3. The number of anilines is 3. The highest BCUT2D eigenvalue weighted by Crippen LogP contribution is 2.37. The van der Waals surface area contributed by atoms with Crippen molar-refractivity contribution in [3.05, 3.63) is 72.3 Å². The maximum absolute atomic E-state index is 13.0. The third kappa shape index (κ3) is 5.57. The van der Waals surface area contributed by atoms with E-state index in [1.807, 2.05) is 19.9 Å². The smallest absolute Gasteiger partial charge is 0.265 e. The number of amides is 3. The Hall–Kier alpha value is -4.53. The first-order valence-corrected chi connectivity index (χ1v) is 11.6. The van der Waals surface area contributed by atoms with Crippen LogP contribution in [0.25, 0.3) is 0 Å². The molecule has 3 amide bonds. The van der Waals surface area contributed by atoms with E-state index >= 15 is 0 Å². The van der Waals surface area contributed by atoms with Crippen molar-refractivity contribution >= 4 is 34.8 Å².